The van der Waals surface area contributed by atoms with Gasteiger partial charge in [0.15, 0.2) is 17.1 Å². The summed E-state index contributed by atoms with van der Waals surface area (Å²) in [4.78, 5) is 24.9. The van der Waals surface area contributed by atoms with Gasteiger partial charge in [-0.3, -0.25) is 14.2 Å². The normalized spacial score (nSPS) is 12.1. The van der Waals surface area contributed by atoms with Crippen molar-refractivity contribution in [2.75, 3.05) is 13.7 Å². The summed E-state index contributed by atoms with van der Waals surface area (Å²) in [6.45, 7) is 2.03. The molecule has 8 heteroatoms. The molecule has 0 aliphatic heterocycles. The topological polar surface area (TPSA) is 104 Å². The average molecular weight is 383 g/mol. The Bertz CT molecular complexity index is 1130. The monoisotopic (exact) mass is 383 g/mol. The van der Waals surface area contributed by atoms with Crippen LogP contribution >= 0.6 is 11.3 Å². The summed E-state index contributed by atoms with van der Waals surface area (Å²) in [6, 6.07) is 6.52. The van der Waals surface area contributed by atoms with Crippen molar-refractivity contribution in [3.05, 3.63) is 43.3 Å². The number of phenolic OH excluding ortho intramolecular Hbond substituents is 1. The fourth-order valence-corrected chi connectivity index (χ4v) is 3.51. The molecule has 0 radical (unpaired) electrons. The highest BCUT2D eigenvalue weighted by Crippen LogP contribution is 2.26. The first-order valence-corrected chi connectivity index (χ1v) is 8.72. The zero-order valence-electron chi connectivity index (χ0n) is 14.8. The first kappa shape index (κ1) is 19.8. The van der Waals surface area contributed by atoms with Crippen LogP contribution in [0.2, 0.25) is 0 Å². The van der Waals surface area contributed by atoms with Crippen molar-refractivity contribution >= 4 is 28.9 Å². The van der Waals surface area contributed by atoms with Gasteiger partial charge in [-0.1, -0.05) is 12.0 Å². The summed E-state index contributed by atoms with van der Waals surface area (Å²) in [5.41, 5.74) is 0.146. The smallest absolute Gasteiger partial charge is 0.269 e. The van der Waals surface area contributed by atoms with Crippen molar-refractivity contribution in [2.45, 2.75) is 13.5 Å². The molecule has 138 valence electrons. The number of carbonyl (C=O) groups is 1. The molecule has 0 atom stereocenters. The highest BCUT2D eigenvalue weighted by molar-refractivity contribution is 7.07. The van der Waals surface area contributed by atoms with E-state index < -0.39 is 5.91 Å². The Balaban J connectivity index is 2.71. The maximum atomic E-state index is 12.7. The van der Waals surface area contributed by atoms with Crippen LogP contribution in [0.1, 0.15) is 12.5 Å². The van der Waals surface area contributed by atoms with E-state index >= 15 is 0 Å². The van der Waals surface area contributed by atoms with Crippen molar-refractivity contribution in [3.8, 4) is 29.9 Å². The van der Waals surface area contributed by atoms with Gasteiger partial charge in [0.05, 0.1) is 18.2 Å². The zero-order chi connectivity index (χ0) is 20.0. The van der Waals surface area contributed by atoms with E-state index in [2.05, 4.69) is 11.2 Å². The van der Waals surface area contributed by atoms with E-state index in [4.69, 9.17) is 11.2 Å². The van der Waals surface area contributed by atoms with Crippen LogP contribution in [0, 0.1) is 23.7 Å². The van der Waals surface area contributed by atoms with Gasteiger partial charge in [0.2, 0.25) is 0 Å². The summed E-state index contributed by atoms with van der Waals surface area (Å²) in [7, 11) is 1.43. The molecule has 0 spiro atoms. The van der Waals surface area contributed by atoms with Gasteiger partial charge in [-0.05, 0) is 30.7 Å². The highest BCUT2D eigenvalue weighted by atomic mass is 32.1. The number of hydrogen-bond acceptors (Lipinski definition) is 6. The molecule has 0 aliphatic rings. The van der Waals surface area contributed by atoms with Crippen molar-refractivity contribution in [1.29, 1.82) is 5.26 Å². The van der Waals surface area contributed by atoms with Crippen LogP contribution in [0.4, 0.5) is 0 Å². The van der Waals surface area contributed by atoms with Crippen LogP contribution in [0.5, 0.6) is 11.5 Å². The maximum absolute atomic E-state index is 12.7. The maximum Gasteiger partial charge on any atom is 0.269 e. The third-order valence-electron chi connectivity index (χ3n) is 3.63. The van der Waals surface area contributed by atoms with Crippen LogP contribution in [-0.4, -0.2) is 29.2 Å². The van der Waals surface area contributed by atoms with E-state index in [0.29, 0.717) is 16.6 Å². The minimum absolute atomic E-state index is 0.0158. The number of hydrogen-bond donors (Lipinski definition) is 2. The molecule has 0 bridgehead atoms. The number of methoxy groups -OCH3 is 1. The molecule has 1 aromatic carbocycles. The van der Waals surface area contributed by atoms with Gasteiger partial charge in [0.25, 0.3) is 11.5 Å². The number of terminal acetylenes is 1. The second kappa shape index (κ2) is 8.75. The van der Waals surface area contributed by atoms with E-state index in [1.165, 1.54) is 17.7 Å². The Morgan fingerprint density at radius 3 is 2.85 bits per heavy atom. The van der Waals surface area contributed by atoms with Gasteiger partial charge in [0.1, 0.15) is 10.7 Å². The van der Waals surface area contributed by atoms with Crippen LogP contribution in [-0.2, 0) is 11.3 Å². The number of nitrogens with zero attached hydrogens (tertiary/aromatic N) is 2. The van der Waals surface area contributed by atoms with E-state index in [-0.39, 0.29) is 33.8 Å². The van der Waals surface area contributed by atoms with Gasteiger partial charge in [-0.15, -0.1) is 17.8 Å². The summed E-state index contributed by atoms with van der Waals surface area (Å²) in [5, 5.41) is 21.5. The number of ether oxygens (including phenoxy) is 1. The molecule has 1 aromatic heterocycles. The molecule has 0 unspecified atom stereocenters. The van der Waals surface area contributed by atoms with Crippen molar-refractivity contribution in [2.24, 2.45) is 0 Å². The Labute approximate surface area is 159 Å². The van der Waals surface area contributed by atoms with E-state index in [9.17, 15) is 20.0 Å². The number of amides is 1. The molecule has 2 N–H and O–H groups in total. The molecule has 7 nitrogen and oxygen atoms in total. The first-order valence-electron chi connectivity index (χ1n) is 7.91. The first-order chi connectivity index (χ1) is 13.0. The van der Waals surface area contributed by atoms with Crippen LogP contribution in [0.15, 0.2) is 23.0 Å². The van der Waals surface area contributed by atoms with Gasteiger partial charge in [-0.2, -0.15) is 5.26 Å². The van der Waals surface area contributed by atoms with Crippen LogP contribution < -0.4 is 24.8 Å². The Morgan fingerprint density at radius 1 is 1.52 bits per heavy atom. The second-order valence-electron chi connectivity index (χ2n) is 5.27. The fourth-order valence-electron chi connectivity index (χ4n) is 2.34. The SMILES string of the molecule is C#CCNC(=O)/C(C#N)=c1\s/c(=C\c2ccc(O)c(OC)c2)c(=O)n1CC. The molecule has 0 saturated heterocycles. The Morgan fingerprint density at radius 2 is 2.26 bits per heavy atom. The van der Waals surface area contributed by atoms with Crippen LogP contribution in [0.3, 0.4) is 0 Å². The zero-order valence-corrected chi connectivity index (χ0v) is 15.6. The van der Waals surface area contributed by atoms with Gasteiger partial charge < -0.3 is 15.2 Å². The lowest BCUT2D eigenvalue weighted by Crippen LogP contribution is -2.34. The molecule has 27 heavy (non-hydrogen) atoms. The van der Waals surface area contributed by atoms with Crippen molar-refractivity contribution in [3.63, 3.8) is 0 Å². The predicted molar refractivity (Wildman–Crippen MR) is 103 cm³/mol. The van der Waals surface area contributed by atoms with E-state index in [1.807, 2.05) is 6.07 Å². The summed E-state index contributed by atoms with van der Waals surface area (Å²) in [6.07, 6.45) is 6.73. The number of rotatable bonds is 5. The van der Waals surface area contributed by atoms with E-state index in [0.717, 1.165) is 11.3 Å². The molecular weight excluding hydrogens is 366 g/mol. The van der Waals surface area contributed by atoms with E-state index in [1.54, 1.807) is 25.1 Å². The average Bonchev–Trinajstić information content (AvgIpc) is 2.97. The lowest BCUT2D eigenvalue weighted by Gasteiger charge is -2.03. The molecule has 1 heterocycles. The molecule has 0 saturated carbocycles. The quantitative estimate of drug-likeness (QED) is 0.702. The lowest BCUT2D eigenvalue weighted by molar-refractivity contribution is -0.115. The molecule has 1 amide bonds. The summed E-state index contributed by atoms with van der Waals surface area (Å²) >= 11 is 1.04. The minimum atomic E-state index is -0.628. The van der Waals surface area contributed by atoms with Gasteiger partial charge in [0, 0.05) is 6.54 Å². The number of aromatic hydroxyl groups is 1. The Hall–Kier alpha value is -3.49. The second-order valence-corrected chi connectivity index (χ2v) is 6.30. The molecule has 0 aliphatic carbocycles. The highest BCUT2D eigenvalue weighted by Gasteiger charge is 2.14. The number of nitrogens with one attached hydrogen (secondary N) is 1. The third kappa shape index (κ3) is 4.20. The lowest BCUT2D eigenvalue weighted by atomic mass is 10.2. The van der Waals surface area contributed by atoms with Gasteiger partial charge in [-0.25, -0.2) is 0 Å². The largest absolute Gasteiger partial charge is 0.504 e. The number of carbonyl (C=O) groups excluding carboxylic acids is 1. The van der Waals surface area contributed by atoms with Crippen molar-refractivity contribution < 1.29 is 14.6 Å². The van der Waals surface area contributed by atoms with Crippen LogP contribution in [0.25, 0.3) is 11.6 Å². The standard InChI is InChI=1S/C19H17N3O4S/c1-4-8-21-17(24)13(11-20)19-22(5-2)18(25)16(27-19)10-12-6-7-14(23)15(9-12)26-3/h1,6-7,9-10,23H,5,8H2,2-3H3,(H,21,24)/b16-10-,19-13-. The third-order valence-corrected chi connectivity index (χ3v) is 4.76. The number of nitriles is 1. The Kier molecular flexibility index (Phi) is 6.42. The number of aromatic nitrogens is 1. The fraction of sp³-hybridized carbons (Fsp3) is 0.211. The molecule has 0 fully saturated rings. The number of phenols is 1. The molecule has 2 rings (SSSR count). The summed E-state index contributed by atoms with van der Waals surface area (Å²) < 4.78 is 7.03. The van der Waals surface area contributed by atoms with Crippen molar-refractivity contribution in [1.82, 2.24) is 9.88 Å². The number of thiazole rings is 1. The number of benzene rings is 1. The molecule has 2 aromatic rings. The van der Waals surface area contributed by atoms with Gasteiger partial charge >= 0.3 is 0 Å². The minimum Gasteiger partial charge on any atom is -0.504 e. The molecular formula is C19H17N3O4S. The predicted octanol–water partition coefficient (Wildman–Crippen LogP) is -0.104. The summed E-state index contributed by atoms with van der Waals surface area (Å²) in [5.74, 6) is 1.89.